The van der Waals surface area contributed by atoms with Crippen LogP contribution < -0.4 is 20.3 Å². The van der Waals surface area contributed by atoms with Gasteiger partial charge in [0.05, 0.1) is 35.7 Å². The van der Waals surface area contributed by atoms with Gasteiger partial charge in [0, 0.05) is 30.7 Å². The lowest BCUT2D eigenvalue weighted by Gasteiger charge is -2.36. The van der Waals surface area contributed by atoms with Gasteiger partial charge in [0.1, 0.15) is 32.8 Å². The molecule has 238 valence electrons. The molecule has 0 radical (unpaired) electrons. The van der Waals surface area contributed by atoms with Crippen molar-refractivity contribution in [3.63, 3.8) is 0 Å². The van der Waals surface area contributed by atoms with Crippen molar-refractivity contribution < 1.29 is 23.9 Å². The van der Waals surface area contributed by atoms with Crippen LogP contribution in [-0.2, 0) is 9.53 Å². The molecule has 3 aliphatic rings. The Labute approximate surface area is 275 Å². The number of carbonyl (C=O) groups is 3. The second-order valence-electron chi connectivity index (χ2n) is 12.3. The Morgan fingerprint density at radius 3 is 2.70 bits per heavy atom. The maximum atomic E-state index is 13.7. The molecule has 2 fully saturated rings. The number of urea groups is 1. The van der Waals surface area contributed by atoms with Crippen molar-refractivity contribution in [1.82, 2.24) is 15.2 Å². The second-order valence-corrected chi connectivity index (χ2v) is 13.3. The van der Waals surface area contributed by atoms with E-state index >= 15 is 0 Å². The summed E-state index contributed by atoms with van der Waals surface area (Å²) in [5.74, 6) is 0.670. The lowest BCUT2D eigenvalue weighted by molar-refractivity contribution is -0.128. The van der Waals surface area contributed by atoms with E-state index in [4.69, 9.17) is 9.47 Å². The first kappa shape index (κ1) is 30.4. The minimum Gasteiger partial charge on any atom is -0.457 e. The number of para-hydroxylation sites is 1. The van der Waals surface area contributed by atoms with E-state index in [1.165, 1.54) is 11.3 Å². The third-order valence-corrected chi connectivity index (χ3v) is 9.69. The Morgan fingerprint density at radius 2 is 1.98 bits per heavy atom. The summed E-state index contributed by atoms with van der Waals surface area (Å²) in [6.07, 6.45) is 4.70. The lowest BCUT2D eigenvalue weighted by atomic mass is 9.86. The molecule has 1 atom stereocenters. The van der Waals surface area contributed by atoms with Crippen LogP contribution in [0.15, 0.2) is 72.4 Å². The fourth-order valence-electron chi connectivity index (χ4n) is 6.25. The molecule has 47 heavy (non-hydrogen) atoms. The zero-order chi connectivity index (χ0) is 32.7. The van der Waals surface area contributed by atoms with Gasteiger partial charge >= 0.3 is 6.03 Å². The minimum atomic E-state index is -0.395. The topological polar surface area (TPSA) is 137 Å². The lowest BCUT2D eigenvalue weighted by Crippen LogP contribution is -2.50. The third kappa shape index (κ3) is 5.80. The number of nitrogens with zero attached hydrogens (tertiary/aromatic N) is 4. The molecular formula is C35H32N6O5S. The molecule has 0 aliphatic carbocycles. The number of likely N-dealkylation sites (tertiary alicyclic amines) is 1. The number of anilines is 3. The molecule has 7 rings (SSSR count). The molecule has 12 heteroatoms. The molecular weight excluding hydrogens is 616 g/mol. The van der Waals surface area contributed by atoms with Crippen LogP contribution >= 0.6 is 11.3 Å². The van der Waals surface area contributed by atoms with Gasteiger partial charge in [0.2, 0.25) is 0 Å². The highest BCUT2D eigenvalue weighted by molar-refractivity contribution is 7.21. The number of pyridine rings is 1. The van der Waals surface area contributed by atoms with E-state index < -0.39 is 6.03 Å². The maximum Gasteiger partial charge on any atom is 0.331 e. The van der Waals surface area contributed by atoms with Crippen molar-refractivity contribution >= 4 is 56.5 Å². The van der Waals surface area contributed by atoms with Crippen LogP contribution in [0.3, 0.4) is 0 Å². The summed E-state index contributed by atoms with van der Waals surface area (Å²) in [6.45, 7) is 5.60. The Kier molecular flexibility index (Phi) is 7.87. The van der Waals surface area contributed by atoms with E-state index in [0.717, 1.165) is 5.56 Å². The number of benzene rings is 2. The summed E-state index contributed by atoms with van der Waals surface area (Å²) < 4.78 is 11.2. The molecule has 2 aromatic carbocycles. The molecule has 4 amide bonds. The highest BCUT2D eigenvalue weighted by Gasteiger charge is 2.36. The number of carbonyl (C=O) groups excluding carboxylic acids is 3. The Hall–Kier alpha value is -5.25. The van der Waals surface area contributed by atoms with Crippen molar-refractivity contribution in [3.05, 3.63) is 82.9 Å². The average molecular weight is 649 g/mol. The van der Waals surface area contributed by atoms with Gasteiger partial charge in [-0.15, -0.1) is 11.3 Å². The SMILES string of the molecule is Cc1cc(Oc2ccccc2)ccc1N1C(=O)Nc2c(C(=O)N[C@@H]3CCCN(C(=O)/C(C#N)=C/C4(C)COC4)C3)sc3nccc1c23. The third-order valence-electron chi connectivity index (χ3n) is 8.59. The van der Waals surface area contributed by atoms with Crippen LogP contribution in [0.1, 0.15) is 35.0 Å². The van der Waals surface area contributed by atoms with E-state index in [-0.39, 0.29) is 35.4 Å². The van der Waals surface area contributed by atoms with Crippen LogP contribution in [0.2, 0.25) is 0 Å². The fourth-order valence-corrected chi connectivity index (χ4v) is 7.27. The minimum absolute atomic E-state index is 0.0937. The molecule has 3 aliphatic heterocycles. The standard InChI is InChI=1S/C35H32N6O5S/c1-21-15-25(46-24-8-4-3-5-9-24)10-11-26(21)41-27-12-13-37-32-28(27)29(39-34(41)44)30(47-32)31(42)38-23-7-6-14-40(18-23)33(43)22(17-36)16-35(2)19-45-20-35/h3-5,8-13,15-16,23H,6-7,14,18-20H2,1-2H3,(H,38,42)(H,39,44)/b22-16+/t23-/m1/s1. The Bertz CT molecular complexity index is 1980. The number of thiophene rings is 1. The predicted molar refractivity (Wildman–Crippen MR) is 178 cm³/mol. The summed E-state index contributed by atoms with van der Waals surface area (Å²) in [7, 11) is 0. The molecule has 0 bridgehead atoms. The number of aryl methyl sites for hydroxylation is 1. The molecule has 11 nitrogen and oxygen atoms in total. The van der Waals surface area contributed by atoms with Crippen molar-refractivity contribution in [3.8, 4) is 17.6 Å². The highest BCUT2D eigenvalue weighted by atomic mass is 32.1. The van der Waals surface area contributed by atoms with E-state index in [9.17, 15) is 19.6 Å². The summed E-state index contributed by atoms with van der Waals surface area (Å²) in [6, 6.07) is 18.1. The zero-order valence-electron chi connectivity index (χ0n) is 25.9. The van der Waals surface area contributed by atoms with Gasteiger partial charge in [-0.1, -0.05) is 31.2 Å². The largest absolute Gasteiger partial charge is 0.457 e. The van der Waals surface area contributed by atoms with Crippen LogP contribution in [-0.4, -0.2) is 60.1 Å². The van der Waals surface area contributed by atoms with Gasteiger partial charge in [-0.2, -0.15) is 5.26 Å². The molecule has 0 saturated carbocycles. The first-order valence-electron chi connectivity index (χ1n) is 15.4. The summed E-state index contributed by atoms with van der Waals surface area (Å²) in [5, 5.41) is 16.4. The Morgan fingerprint density at radius 1 is 1.17 bits per heavy atom. The van der Waals surface area contributed by atoms with Crippen molar-refractivity contribution in [1.29, 1.82) is 5.26 Å². The Balaban J connectivity index is 1.11. The molecule has 0 spiro atoms. The molecule has 2 aromatic heterocycles. The van der Waals surface area contributed by atoms with Crippen molar-refractivity contribution in [2.24, 2.45) is 5.41 Å². The van der Waals surface area contributed by atoms with Crippen molar-refractivity contribution in [2.45, 2.75) is 32.7 Å². The number of rotatable bonds is 7. The summed E-state index contributed by atoms with van der Waals surface area (Å²) >= 11 is 1.21. The number of amides is 4. The number of nitriles is 1. The van der Waals surface area contributed by atoms with Gasteiger partial charge in [0.25, 0.3) is 11.8 Å². The molecule has 2 N–H and O–H groups in total. The summed E-state index contributed by atoms with van der Waals surface area (Å²) in [5.41, 5.74) is 2.32. The van der Waals surface area contributed by atoms with Gasteiger partial charge in [0.15, 0.2) is 0 Å². The number of hydrogen-bond donors (Lipinski definition) is 2. The smallest absolute Gasteiger partial charge is 0.331 e. The van der Waals surface area contributed by atoms with E-state index in [1.807, 2.05) is 62.4 Å². The van der Waals surface area contributed by atoms with E-state index in [2.05, 4.69) is 21.7 Å². The number of ether oxygens (including phenoxy) is 2. The first-order valence-corrected chi connectivity index (χ1v) is 16.2. The predicted octanol–water partition coefficient (Wildman–Crippen LogP) is 6.29. The normalized spacial score (nSPS) is 18.6. The van der Waals surface area contributed by atoms with E-state index in [1.54, 1.807) is 28.1 Å². The number of aromatic nitrogens is 1. The molecule has 4 aromatic rings. The average Bonchev–Trinajstić information content (AvgIpc) is 3.43. The quantitative estimate of drug-likeness (QED) is 0.178. The molecule has 5 heterocycles. The molecule has 2 saturated heterocycles. The van der Waals surface area contributed by atoms with Crippen LogP contribution in [0.25, 0.3) is 10.2 Å². The highest BCUT2D eigenvalue weighted by Crippen LogP contribution is 2.46. The van der Waals surface area contributed by atoms with Gasteiger partial charge in [-0.3, -0.25) is 14.5 Å². The van der Waals surface area contributed by atoms with Gasteiger partial charge in [-0.05, 0) is 61.7 Å². The van der Waals surface area contributed by atoms with Crippen LogP contribution in [0.5, 0.6) is 11.5 Å². The number of hydrogen-bond acceptors (Lipinski definition) is 8. The van der Waals surface area contributed by atoms with Crippen LogP contribution in [0, 0.1) is 23.7 Å². The van der Waals surface area contributed by atoms with E-state index in [0.29, 0.717) is 76.3 Å². The van der Waals surface area contributed by atoms with Gasteiger partial charge in [-0.25, -0.2) is 9.78 Å². The monoisotopic (exact) mass is 648 g/mol. The first-order chi connectivity index (χ1) is 22.7. The maximum absolute atomic E-state index is 13.7. The zero-order valence-corrected chi connectivity index (χ0v) is 26.7. The second kappa shape index (κ2) is 12.2. The van der Waals surface area contributed by atoms with Crippen LogP contribution in [0.4, 0.5) is 21.9 Å². The fraction of sp³-hybridized carbons (Fsp3) is 0.286. The number of piperidine rings is 1. The number of nitrogens with one attached hydrogen (secondary N) is 2. The van der Waals surface area contributed by atoms with Crippen molar-refractivity contribution in [2.75, 3.05) is 36.5 Å². The summed E-state index contributed by atoms with van der Waals surface area (Å²) in [4.78, 5) is 49.3. The molecule has 0 unspecified atom stereocenters. The van der Waals surface area contributed by atoms with Gasteiger partial charge < -0.3 is 25.0 Å².